The van der Waals surface area contributed by atoms with Gasteiger partial charge in [-0.15, -0.1) is 0 Å². The number of hydrogen-bond donors (Lipinski definition) is 1. The summed E-state index contributed by atoms with van der Waals surface area (Å²) >= 11 is 0. The normalized spacial score (nSPS) is 14.7. The van der Waals surface area contributed by atoms with Crippen molar-refractivity contribution in [3.8, 4) is 0 Å². The molecule has 3 aromatic rings. The van der Waals surface area contributed by atoms with Crippen LogP contribution in [0.4, 0.5) is 0 Å². The molecule has 0 aromatic heterocycles. The maximum Gasteiger partial charge on any atom is 0.162 e. The van der Waals surface area contributed by atoms with E-state index in [2.05, 4.69) is 65.6 Å². The zero-order valence-corrected chi connectivity index (χ0v) is 21.0. The molecule has 1 aliphatic rings. The first-order chi connectivity index (χ1) is 17.0. The van der Waals surface area contributed by atoms with Crippen molar-refractivity contribution < 1.29 is 9.90 Å². The van der Waals surface area contributed by atoms with Gasteiger partial charge in [0.25, 0.3) is 0 Å². The highest BCUT2D eigenvalue weighted by Gasteiger charge is 2.21. The lowest BCUT2D eigenvalue weighted by Gasteiger charge is -2.30. The Morgan fingerprint density at radius 2 is 1.34 bits per heavy atom. The fraction of sp³-hybridized carbons (Fsp3) is 0.344. The van der Waals surface area contributed by atoms with E-state index in [1.54, 1.807) is 0 Å². The highest BCUT2D eigenvalue weighted by molar-refractivity contribution is 5.96. The Balaban J connectivity index is 1.33. The quantitative estimate of drug-likeness (QED) is 0.364. The number of aliphatic hydroxyl groups excluding tert-OH is 1. The lowest BCUT2D eigenvalue weighted by Crippen LogP contribution is -2.32. The smallest absolute Gasteiger partial charge is 0.162 e. The van der Waals surface area contributed by atoms with Gasteiger partial charge in [-0.05, 0) is 48.1 Å². The predicted octanol–water partition coefficient (Wildman–Crippen LogP) is 6.52. The second-order valence-electron chi connectivity index (χ2n) is 10.2. The van der Waals surface area contributed by atoms with Gasteiger partial charge in [0.05, 0.1) is 6.61 Å². The zero-order chi connectivity index (χ0) is 24.7. The monoisotopic (exact) mass is 467 g/mol. The van der Waals surface area contributed by atoms with Crippen molar-refractivity contribution in [3.05, 3.63) is 113 Å². The molecule has 1 N–H and O–H groups in total. The summed E-state index contributed by atoms with van der Waals surface area (Å²) in [5.74, 6) is 0.200. The third-order valence-corrected chi connectivity index (χ3v) is 7.20. The van der Waals surface area contributed by atoms with Gasteiger partial charge >= 0.3 is 0 Å². The van der Waals surface area contributed by atoms with Crippen LogP contribution in [0.25, 0.3) is 5.57 Å². The number of piperidine rings is 1. The van der Waals surface area contributed by atoms with E-state index in [0.717, 1.165) is 50.0 Å². The summed E-state index contributed by atoms with van der Waals surface area (Å²) in [6, 6.07) is 29.2. The molecule has 0 bridgehead atoms. The first kappa shape index (κ1) is 25.1. The molecule has 1 fully saturated rings. The molecule has 1 aliphatic heterocycles. The molecule has 1 saturated heterocycles. The Bertz CT molecular complexity index is 1080. The lowest BCUT2D eigenvalue weighted by molar-refractivity contribution is 0.0974. The molecule has 0 spiro atoms. The largest absolute Gasteiger partial charge is 0.395 e. The van der Waals surface area contributed by atoms with Crippen LogP contribution in [0.2, 0.25) is 0 Å². The Kier molecular flexibility index (Phi) is 8.33. The van der Waals surface area contributed by atoms with E-state index in [1.165, 1.54) is 22.3 Å². The molecule has 3 nitrogen and oxygen atoms in total. The Hall–Kier alpha value is -3.01. The van der Waals surface area contributed by atoms with Gasteiger partial charge in [-0.3, -0.25) is 4.79 Å². The summed E-state index contributed by atoms with van der Waals surface area (Å²) in [7, 11) is 0. The van der Waals surface area contributed by atoms with Gasteiger partial charge in [-0.1, -0.05) is 104 Å². The van der Waals surface area contributed by atoms with E-state index in [0.29, 0.717) is 6.42 Å². The Labute approximate surface area is 210 Å². The number of likely N-dealkylation sites (tertiary alicyclic amines) is 1. The van der Waals surface area contributed by atoms with Crippen LogP contribution in [-0.2, 0) is 5.41 Å². The zero-order valence-electron chi connectivity index (χ0n) is 21.0. The molecule has 0 atom stereocenters. The van der Waals surface area contributed by atoms with Crippen molar-refractivity contribution in [1.29, 1.82) is 0 Å². The van der Waals surface area contributed by atoms with Gasteiger partial charge in [0, 0.05) is 30.5 Å². The van der Waals surface area contributed by atoms with Crippen molar-refractivity contribution in [2.24, 2.45) is 0 Å². The number of carbonyl (C=O) groups excluding carboxylic acids is 1. The predicted molar refractivity (Wildman–Crippen MR) is 145 cm³/mol. The van der Waals surface area contributed by atoms with Crippen LogP contribution >= 0.6 is 0 Å². The lowest BCUT2D eigenvalue weighted by atomic mass is 9.85. The van der Waals surface area contributed by atoms with Gasteiger partial charge in [-0.2, -0.15) is 0 Å². The van der Waals surface area contributed by atoms with Crippen molar-refractivity contribution in [1.82, 2.24) is 4.90 Å². The number of Topliss-reactive ketones (excluding diaryl/α,β-unsaturated/α-hetero) is 1. The number of ketones is 1. The highest BCUT2D eigenvalue weighted by Crippen LogP contribution is 2.32. The fourth-order valence-electron chi connectivity index (χ4n) is 4.89. The molecule has 0 aliphatic carbocycles. The number of aliphatic hydroxyl groups is 1. The second kappa shape index (κ2) is 11.6. The van der Waals surface area contributed by atoms with E-state index >= 15 is 0 Å². The molecule has 0 saturated carbocycles. The molecular formula is C32H37NO2. The number of carbonyl (C=O) groups is 1. The first-order valence-electron chi connectivity index (χ1n) is 12.8. The van der Waals surface area contributed by atoms with Crippen LogP contribution in [-0.4, -0.2) is 42.0 Å². The molecule has 35 heavy (non-hydrogen) atoms. The second-order valence-corrected chi connectivity index (χ2v) is 10.2. The third kappa shape index (κ3) is 6.36. The maximum absolute atomic E-state index is 12.7. The number of benzene rings is 3. The minimum Gasteiger partial charge on any atom is -0.395 e. The molecule has 182 valence electrons. The number of rotatable bonds is 9. The van der Waals surface area contributed by atoms with Crippen molar-refractivity contribution in [2.45, 2.75) is 44.9 Å². The number of hydrogen-bond acceptors (Lipinski definition) is 3. The van der Waals surface area contributed by atoms with Gasteiger partial charge in [0.15, 0.2) is 5.78 Å². The van der Waals surface area contributed by atoms with Crippen LogP contribution in [0.15, 0.2) is 90.5 Å². The molecule has 0 amide bonds. The summed E-state index contributed by atoms with van der Waals surface area (Å²) in [6.45, 7) is 7.14. The van der Waals surface area contributed by atoms with E-state index in [9.17, 15) is 9.90 Å². The van der Waals surface area contributed by atoms with Crippen LogP contribution < -0.4 is 0 Å². The summed E-state index contributed by atoms with van der Waals surface area (Å²) < 4.78 is 0. The van der Waals surface area contributed by atoms with Crippen LogP contribution in [0.3, 0.4) is 0 Å². The summed E-state index contributed by atoms with van der Waals surface area (Å²) in [5.41, 5.74) is 7.03. The summed E-state index contributed by atoms with van der Waals surface area (Å²) in [5, 5.41) is 9.55. The molecule has 4 rings (SSSR count). The molecule has 0 unspecified atom stereocenters. The minimum atomic E-state index is -0.288. The van der Waals surface area contributed by atoms with Crippen LogP contribution in [0.1, 0.15) is 66.6 Å². The van der Waals surface area contributed by atoms with Crippen LogP contribution in [0.5, 0.6) is 0 Å². The molecule has 1 heterocycles. The summed E-state index contributed by atoms with van der Waals surface area (Å²) in [6.07, 6.45) is 3.58. The fourth-order valence-corrected chi connectivity index (χ4v) is 4.89. The van der Waals surface area contributed by atoms with Crippen molar-refractivity contribution in [3.63, 3.8) is 0 Å². The molecule has 3 aromatic carbocycles. The SMILES string of the molecule is CC(C)(CO)c1ccc(C(=O)CCCN2CCC(=C(c3ccccc3)c3ccccc3)CC2)cc1. The number of nitrogens with zero attached hydrogens (tertiary/aromatic N) is 1. The first-order valence-corrected chi connectivity index (χ1v) is 12.8. The standard InChI is InChI=1S/C32H37NO2/c1-32(2,24-34)29-17-15-25(16-18-29)30(35)14-9-21-33-22-19-28(20-23-33)31(26-10-5-3-6-11-26)27-12-7-4-8-13-27/h3-8,10-13,15-18,34H,9,14,19-24H2,1-2H3. The summed E-state index contributed by atoms with van der Waals surface area (Å²) in [4.78, 5) is 15.2. The van der Waals surface area contributed by atoms with E-state index in [4.69, 9.17) is 0 Å². The average molecular weight is 468 g/mol. The average Bonchev–Trinajstić information content (AvgIpc) is 2.91. The Morgan fingerprint density at radius 1 is 0.800 bits per heavy atom. The van der Waals surface area contributed by atoms with Crippen molar-refractivity contribution >= 4 is 11.4 Å². The minimum absolute atomic E-state index is 0.0885. The van der Waals surface area contributed by atoms with Gasteiger partial charge in [-0.25, -0.2) is 0 Å². The topological polar surface area (TPSA) is 40.5 Å². The molecule has 3 heteroatoms. The highest BCUT2D eigenvalue weighted by atomic mass is 16.3. The third-order valence-electron chi connectivity index (χ3n) is 7.20. The molecule has 0 radical (unpaired) electrons. The van der Waals surface area contributed by atoms with Gasteiger partial charge in [0.2, 0.25) is 0 Å². The van der Waals surface area contributed by atoms with Crippen LogP contribution in [0, 0.1) is 0 Å². The van der Waals surface area contributed by atoms with Crippen molar-refractivity contribution in [2.75, 3.05) is 26.2 Å². The van der Waals surface area contributed by atoms with E-state index in [1.807, 2.05) is 38.1 Å². The Morgan fingerprint density at radius 3 is 1.86 bits per heavy atom. The van der Waals surface area contributed by atoms with Gasteiger partial charge < -0.3 is 10.0 Å². The maximum atomic E-state index is 12.7. The molecular weight excluding hydrogens is 430 g/mol. The van der Waals surface area contributed by atoms with E-state index in [-0.39, 0.29) is 17.8 Å². The van der Waals surface area contributed by atoms with E-state index < -0.39 is 0 Å². The van der Waals surface area contributed by atoms with Gasteiger partial charge in [0.1, 0.15) is 0 Å².